The molecule has 1 heterocycles. The maximum atomic E-state index is 12.7. The average Bonchev–Trinajstić information content (AvgIpc) is 3.17. The van der Waals surface area contributed by atoms with Gasteiger partial charge in [-0.05, 0) is 37.3 Å². The van der Waals surface area contributed by atoms with Crippen molar-refractivity contribution >= 4 is 17.7 Å². The molecular weight excluding hydrogens is 396 g/mol. The third-order valence-electron chi connectivity index (χ3n) is 5.68. The predicted octanol–water partition coefficient (Wildman–Crippen LogP) is 4.79. The lowest BCUT2D eigenvalue weighted by atomic mass is 9.94. The number of aromatic nitrogens is 3. The summed E-state index contributed by atoms with van der Waals surface area (Å²) in [5.41, 5.74) is 0. The topological polar surface area (TPSA) is 60.2 Å². The normalized spacial score (nSPS) is 14.8. The van der Waals surface area contributed by atoms with Crippen LogP contribution in [0.15, 0.2) is 35.5 Å². The van der Waals surface area contributed by atoms with Crippen LogP contribution in [0, 0.1) is 5.92 Å². The van der Waals surface area contributed by atoms with Crippen LogP contribution < -0.4 is 4.74 Å². The van der Waals surface area contributed by atoms with Crippen molar-refractivity contribution in [2.75, 3.05) is 12.8 Å². The molecule has 164 valence electrons. The van der Waals surface area contributed by atoms with Crippen molar-refractivity contribution in [2.45, 2.75) is 76.7 Å². The fourth-order valence-corrected chi connectivity index (χ4v) is 4.62. The van der Waals surface area contributed by atoms with E-state index in [9.17, 15) is 4.79 Å². The van der Waals surface area contributed by atoms with Crippen LogP contribution in [0.4, 0.5) is 0 Å². The Morgan fingerprint density at radius 3 is 2.63 bits per heavy atom. The molecule has 0 bridgehead atoms. The molecular formula is C23H34N4O2S. The maximum absolute atomic E-state index is 12.7. The van der Waals surface area contributed by atoms with E-state index >= 15 is 0 Å². The van der Waals surface area contributed by atoms with Gasteiger partial charge in [-0.2, -0.15) is 0 Å². The first kappa shape index (κ1) is 22.7. The number of para-hydroxylation sites is 1. The Balaban J connectivity index is 1.62. The van der Waals surface area contributed by atoms with Crippen LogP contribution in [-0.2, 0) is 17.9 Å². The van der Waals surface area contributed by atoms with E-state index in [-0.39, 0.29) is 5.91 Å². The second kappa shape index (κ2) is 11.4. The van der Waals surface area contributed by atoms with Gasteiger partial charge in [-0.15, -0.1) is 10.2 Å². The Labute approximate surface area is 184 Å². The molecule has 30 heavy (non-hydrogen) atoms. The van der Waals surface area contributed by atoms with Gasteiger partial charge >= 0.3 is 0 Å². The van der Waals surface area contributed by atoms with E-state index in [0.717, 1.165) is 42.5 Å². The Morgan fingerprint density at radius 1 is 1.20 bits per heavy atom. The number of benzene rings is 1. The molecule has 1 saturated carbocycles. The van der Waals surface area contributed by atoms with Crippen molar-refractivity contribution in [1.82, 2.24) is 19.7 Å². The lowest BCUT2D eigenvalue weighted by Crippen LogP contribution is -2.39. The minimum absolute atomic E-state index is 0.174. The molecule has 0 unspecified atom stereocenters. The molecule has 0 aliphatic heterocycles. The summed E-state index contributed by atoms with van der Waals surface area (Å²) in [7, 11) is 1.95. The summed E-state index contributed by atoms with van der Waals surface area (Å²) in [5.74, 6) is 2.76. The van der Waals surface area contributed by atoms with Gasteiger partial charge in [-0.3, -0.25) is 4.79 Å². The number of carbonyl (C=O) groups excluding carboxylic acids is 1. The highest BCUT2D eigenvalue weighted by Crippen LogP contribution is 2.24. The number of rotatable bonds is 10. The van der Waals surface area contributed by atoms with E-state index in [1.807, 2.05) is 42.3 Å². The molecule has 1 aliphatic rings. The first-order valence-corrected chi connectivity index (χ1v) is 12.0. The van der Waals surface area contributed by atoms with Crippen molar-refractivity contribution in [1.29, 1.82) is 0 Å². The molecule has 0 spiro atoms. The fourth-order valence-electron chi connectivity index (χ4n) is 3.71. The van der Waals surface area contributed by atoms with Gasteiger partial charge < -0.3 is 14.2 Å². The van der Waals surface area contributed by atoms with Crippen molar-refractivity contribution in [3.8, 4) is 5.75 Å². The largest absolute Gasteiger partial charge is 0.486 e. The molecule has 0 radical (unpaired) electrons. The van der Waals surface area contributed by atoms with Crippen LogP contribution in [0.25, 0.3) is 0 Å². The zero-order chi connectivity index (χ0) is 21.3. The highest BCUT2D eigenvalue weighted by molar-refractivity contribution is 7.99. The Bertz CT molecular complexity index is 788. The molecule has 1 aromatic carbocycles. The molecule has 6 nitrogen and oxygen atoms in total. The SMILES string of the molecule is CC(C)CCn1c(COc2ccccc2)nnc1SCC(=O)N(C)C1CCCCC1. The second-order valence-corrected chi connectivity index (χ2v) is 9.36. The summed E-state index contributed by atoms with van der Waals surface area (Å²) in [6, 6.07) is 10.1. The van der Waals surface area contributed by atoms with Gasteiger partial charge in [0.05, 0.1) is 5.75 Å². The van der Waals surface area contributed by atoms with Gasteiger partial charge in [0.1, 0.15) is 12.4 Å². The number of hydrogen-bond donors (Lipinski definition) is 0. The van der Waals surface area contributed by atoms with Gasteiger partial charge in [0.15, 0.2) is 11.0 Å². The third-order valence-corrected chi connectivity index (χ3v) is 6.63. The number of amides is 1. The highest BCUT2D eigenvalue weighted by Gasteiger charge is 2.23. The average molecular weight is 431 g/mol. The Morgan fingerprint density at radius 2 is 1.93 bits per heavy atom. The van der Waals surface area contributed by atoms with E-state index in [1.165, 1.54) is 31.0 Å². The quantitative estimate of drug-likeness (QED) is 0.507. The minimum Gasteiger partial charge on any atom is -0.486 e. The summed E-state index contributed by atoms with van der Waals surface area (Å²) < 4.78 is 8.00. The first-order valence-electron chi connectivity index (χ1n) is 11.0. The smallest absolute Gasteiger partial charge is 0.233 e. The zero-order valence-electron chi connectivity index (χ0n) is 18.4. The molecule has 3 rings (SSSR count). The highest BCUT2D eigenvalue weighted by atomic mass is 32.2. The number of hydrogen-bond acceptors (Lipinski definition) is 5. The standard InChI is InChI=1S/C23H34N4O2S/c1-18(2)14-15-27-21(16-29-20-12-8-5-9-13-20)24-25-23(27)30-17-22(28)26(3)19-10-6-4-7-11-19/h5,8-9,12-13,18-19H,4,6-7,10-11,14-17H2,1-3H3. The first-order chi connectivity index (χ1) is 14.5. The van der Waals surface area contributed by atoms with Crippen LogP contribution in [0.2, 0.25) is 0 Å². The summed E-state index contributed by atoms with van der Waals surface area (Å²) in [5, 5.41) is 9.54. The van der Waals surface area contributed by atoms with Crippen molar-refractivity contribution in [2.24, 2.45) is 5.92 Å². The maximum Gasteiger partial charge on any atom is 0.233 e. The molecule has 7 heteroatoms. The van der Waals surface area contributed by atoms with Crippen LogP contribution in [-0.4, -0.2) is 44.4 Å². The number of carbonyl (C=O) groups is 1. The monoisotopic (exact) mass is 430 g/mol. The zero-order valence-corrected chi connectivity index (χ0v) is 19.2. The second-order valence-electron chi connectivity index (χ2n) is 8.42. The Kier molecular flexibility index (Phi) is 8.61. The predicted molar refractivity (Wildman–Crippen MR) is 121 cm³/mol. The Hall–Kier alpha value is -2.02. The molecule has 1 aromatic heterocycles. The third kappa shape index (κ3) is 6.49. The summed E-state index contributed by atoms with van der Waals surface area (Å²) in [6.07, 6.45) is 7.02. The van der Waals surface area contributed by atoms with Crippen LogP contribution in [0.5, 0.6) is 5.75 Å². The van der Waals surface area contributed by atoms with Gasteiger partial charge in [0.2, 0.25) is 5.91 Å². The van der Waals surface area contributed by atoms with E-state index in [4.69, 9.17) is 4.74 Å². The van der Waals surface area contributed by atoms with Gasteiger partial charge in [-0.1, -0.05) is 63.1 Å². The van der Waals surface area contributed by atoms with Gasteiger partial charge in [0.25, 0.3) is 0 Å². The molecule has 1 amide bonds. The molecule has 1 aliphatic carbocycles. The molecule has 0 saturated heterocycles. The van der Waals surface area contributed by atoms with Gasteiger partial charge in [-0.25, -0.2) is 0 Å². The fraction of sp³-hybridized carbons (Fsp3) is 0.609. The molecule has 1 fully saturated rings. The van der Waals surface area contributed by atoms with E-state index in [0.29, 0.717) is 24.3 Å². The van der Waals surface area contributed by atoms with Crippen LogP contribution >= 0.6 is 11.8 Å². The number of nitrogens with zero attached hydrogens (tertiary/aromatic N) is 4. The van der Waals surface area contributed by atoms with Crippen molar-refractivity contribution < 1.29 is 9.53 Å². The van der Waals surface area contributed by atoms with Crippen LogP contribution in [0.1, 0.15) is 58.2 Å². The lowest BCUT2D eigenvalue weighted by molar-refractivity contribution is -0.129. The minimum atomic E-state index is 0.174. The number of ether oxygens (including phenoxy) is 1. The van der Waals surface area contributed by atoms with Gasteiger partial charge in [0, 0.05) is 19.6 Å². The van der Waals surface area contributed by atoms with E-state index in [2.05, 4.69) is 28.6 Å². The molecule has 0 N–H and O–H groups in total. The van der Waals surface area contributed by atoms with Crippen molar-refractivity contribution in [3.63, 3.8) is 0 Å². The van der Waals surface area contributed by atoms with E-state index in [1.54, 1.807) is 0 Å². The van der Waals surface area contributed by atoms with Crippen molar-refractivity contribution in [3.05, 3.63) is 36.2 Å². The molecule has 2 aromatic rings. The summed E-state index contributed by atoms with van der Waals surface area (Å²) in [6.45, 7) is 5.61. The number of thioether (sulfide) groups is 1. The molecule has 0 atom stereocenters. The summed E-state index contributed by atoms with van der Waals surface area (Å²) >= 11 is 1.48. The lowest BCUT2D eigenvalue weighted by Gasteiger charge is -2.31. The summed E-state index contributed by atoms with van der Waals surface area (Å²) in [4.78, 5) is 14.7. The van der Waals surface area contributed by atoms with E-state index < -0.39 is 0 Å². The van der Waals surface area contributed by atoms with Crippen LogP contribution in [0.3, 0.4) is 0 Å².